The van der Waals surface area contributed by atoms with E-state index in [0.29, 0.717) is 6.54 Å². The molecule has 0 spiro atoms. The van der Waals surface area contributed by atoms with Crippen molar-refractivity contribution in [2.45, 2.75) is 0 Å². The van der Waals surface area contributed by atoms with Crippen molar-refractivity contribution in [3.05, 3.63) is 60.7 Å². The van der Waals surface area contributed by atoms with E-state index in [2.05, 4.69) is 27.2 Å². The molecule has 1 heterocycles. The molecule has 0 radical (unpaired) electrons. The third-order valence-corrected chi connectivity index (χ3v) is 2.42. The van der Waals surface area contributed by atoms with Gasteiger partial charge in [-0.05, 0) is 18.2 Å². The fraction of sp³-hybridized carbons (Fsp3) is 0.0714. The molecule has 2 rings (SSSR count). The van der Waals surface area contributed by atoms with Crippen LogP contribution in [-0.4, -0.2) is 22.4 Å². The second-order valence-corrected chi connectivity index (χ2v) is 3.87. The van der Waals surface area contributed by atoms with Gasteiger partial charge in [-0.1, -0.05) is 18.2 Å². The Morgan fingerprint density at radius 3 is 2.90 bits per heavy atom. The van der Waals surface area contributed by atoms with Gasteiger partial charge >= 0.3 is 0 Å². The number of rotatable bonds is 5. The quantitative estimate of drug-likeness (QED) is 0.819. The molecule has 1 aromatic carbocycles. The molecular formula is C14H13FN4O. The van der Waals surface area contributed by atoms with Gasteiger partial charge in [-0.3, -0.25) is 4.79 Å². The summed E-state index contributed by atoms with van der Waals surface area (Å²) in [6, 6.07) is 7.63. The van der Waals surface area contributed by atoms with Gasteiger partial charge in [-0.25, -0.2) is 14.4 Å². The molecule has 0 atom stereocenters. The van der Waals surface area contributed by atoms with Crippen molar-refractivity contribution in [3.63, 3.8) is 0 Å². The number of hydrogen-bond acceptors (Lipinski definition) is 4. The Morgan fingerprint density at radius 2 is 2.15 bits per heavy atom. The number of aromatic nitrogens is 2. The van der Waals surface area contributed by atoms with Crippen LogP contribution in [0.25, 0.3) is 0 Å². The van der Waals surface area contributed by atoms with E-state index in [9.17, 15) is 9.18 Å². The summed E-state index contributed by atoms with van der Waals surface area (Å²) in [5.41, 5.74) is 0.442. The molecule has 0 saturated heterocycles. The van der Waals surface area contributed by atoms with Gasteiger partial charge < -0.3 is 10.6 Å². The molecule has 0 aliphatic rings. The van der Waals surface area contributed by atoms with Crippen molar-refractivity contribution in [2.75, 3.05) is 11.9 Å². The van der Waals surface area contributed by atoms with E-state index >= 15 is 0 Å². The van der Waals surface area contributed by atoms with Crippen molar-refractivity contribution in [3.8, 4) is 0 Å². The minimum atomic E-state index is -0.419. The molecule has 20 heavy (non-hydrogen) atoms. The average Bonchev–Trinajstić information content (AvgIpc) is 2.47. The van der Waals surface area contributed by atoms with Crippen LogP contribution in [0.15, 0.2) is 49.2 Å². The van der Waals surface area contributed by atoms with Gasteiger partial charge in [0.25, 0.3) is 5.91 Å². The molecule has 5 nitrogen and oxygen atoms in total. The predicted molar refractivity (Wildman–Crippen MR) is 74.2 cm³/mol. The van der Waals surface area contributed by atoms with Crippen LogP contribution >= 0.6 is 0 Å². The molecular weight excluding hydrogens is 259 g/mol. The standard InChI is InChI=1S/C14H13FN4O/c1-2-8-16-13(20)12-7-9-17-14(19-12)18-11-6-4-3-5-10(11)15/h2-7,9H,1,8H2,(H,16,20)(H,17,18,19). The maximum absolute atomic E-state index is 13.5. The number of anilines is 2. The van der Waals surface area contributed by atoms with Crippen LogP contribution in [0.4, 0.5) is 16.0 Å². The number of benzene rings is 1. The van der Waals surface area contributed by atoms with E-state index in [-0.39, 0.29) is 23.2 Å². The highest BCUT2D eigenvalue weighted by Gasteiger charge is 2.08. The molecule has 1 amide bonds. The van der Waals surface area contributed by atoms with Gasteiger partial charge in [0, 0.05) is 12.7 Å². The van der Waals surface area contributed by atoms with E-state index < -0.39 is 5.82 Å². The molecule has 2 aromatic rings. The van der Waals surface area contributed by atoms with Gasteiger partial charge in [-0.2, -0.15) is 0 Å². The van der Waals surface area contributed by atoms with Gasteiger partial charge in [0.15, 0.2) is 0 Å². The summed E-state index contributed by atoms with van der Waals surface area (Å²) < 4.78 is 13.5. The van der Waals surface area contributed by atoms with Crippen LogP contribution in [0.1, 0.15) is 10.5 Å². The molecule has 1 aromatic heterocycles. The molecule has 0 unspecified atom stereocenters. The van der Waals surface area contributed by atoms with Gasteiger partial charge in [0.1, 0.15) is 11.5 Å². The van der Waals surface area contributed by atoms with Crippen LogP contribution in [0.3, 0.4) is 0 Å². The molecule has 102 valence electrons. The molecule has 0 bridgehead atoms. The largest absolute Gasteiger partial charge is 0.347 e. The summed E-state index contributed by atoms with van der Waals surface area (Å²) in [6.07, 6.45) is 3.00. The van der Waals surface area contributed by atoms with Crippen LogP contribution in [0.5, 0.6) is 0 Å². The fourth-order valence-electron chi connectivity index (χ4n) is 1.48. The number of carbonyl (C=O) groups is 1. The minimum Gasteiger partial charge on any atom is -0.347 e. The number of hydrogen-bond donors (Lipinski definition) is 2. The lowest BCUT2D eigenvalue weighted by Gasteiger charge is -2.07. The van der Waals surface area contributed by atoms with Crippen LogP contribution in [0, 0.1) is 5.82 Å². The SMILES string of the molecule is C=CCNC(=O)c1ccnc(Nc2ccccc2F)n1. The number of nitrogens with one attached hydrogen (secondary N) is 2. The molecule has 2 N–H and O–H groups in total. The number of amides is 1. The summed E-state index contributed by atoms with van der Waals surface area (Å²) in [5.74, 6) is -0.608. The molecule has 0 fully saturated rings. The Morgan fingerprint density at radius 1 is 1.35 bits per heavy atom. The fourth-order valence-corrected chi connectivity index (χ4v) is 1.48. The van der Waals surface area contributed by atoms with E-state index in [4.69, 9.17) is 0 Å². The molecule has 0 aliphatic heterocycles. The summed E-state index contributed by atoms with van der Waals surface area (Å²) in [7, 11) is 0. The first kappa shape index (κ1) is 13.7. The van der Waals surface area contributed by atoms with Crippen molar-refractivity contribution in [2.24, 2.45) is 0 Å². The normalized spacial score (nSPS) is 9.85. The predicted octanol–water partition coefficient (Wildman–Crippen LogP) is 2.28. The first-order chi connectivity index (χ1) is 9.70. The van der Waals surface area contributed by atoms with E-state index in [1.807, 2.05) is 0 Å². The first-order valence-electron chi connectivity index (χ1n) is 5.94. The van der Waals surface area contributed by atoms with Gasteiger partial charge in [-0.15, -0.1) is 6.58 Å². The Hall–Kier alpha value is -2.76. The summed E-state index contributed by atoms with van der Waals surface area (Å²) >= 11 is 0. The minimum absolute atomic E-state index is 0.154. The van der Waals surface area contributed by atoms with Gasteiger partial charge in [0.2, 0.25) is 5.95 Å². The Kier molecular flexibility index (Phi) is 4.39. The zero-order valence-electron chi connectivity index (χ0n) is 10.6. The summed E-state index contributed by atoms with van der Waals surface area (Å²) in [6.45, 7) is 3.85. The third-order valence-electron chi connectivity index (χ3n) is 2.42. The highest BCUT2D eigenvalue weighted by atomic mass is 19.1. The maximum Gasteiger partial charge on any atom is 0.270 e. The third kappa shape index (κ3) is 3.38. The summed E-state index contributed by atoms with van der Waals surface area (Å²) in [4.78, 5) is 19.7. The van der Waals surface area contributed by atoms with Gasteiger partial charge in [0.05, 0.1) is 5.69 Å². The van der Waals surface area contributed by atoms with Crippen LogP contribution in [-0.2, 0) is 0 Å². The highest BCUT2D eigenvalue weighted by molar-refractivity contribution is 5.92. The smallest absolute Gasteiger partial charge is 0.270 e. The Bertz CT molecular complexity index is 630. The van der Waals surface area contributed by atoms with Crippen LogP contribution in [0.2, 0.25) is 0 Å². The lowest BCUT2D eigenvalue weighted by molar-refractivity contribution is 0.0953. The number of para-hydroxylation sites is 1. The first-order valence-corrected chi connectivity index (χ1v) is 5.94. The zero-order valence-corrected chi connectivity index (χ0v) is 10.6. The topological polar surface area (TPSA) is 66.9 Å². The second-order valence-electron chi connectivity index (χ2n) is 3.87. The number of halogens is 1. The van der Waals surface area contributed by atoms with E-state index in [0.717, 1.165) is 0 Å². The van der Waals surface area contributed by atoms with Crippen molar-refractivity contribution < 1.29 is 9.18 Å². The lowest BCUT2D eigenvalue weighted by Crippen LogP contribution is -2.24. The molecule has 6 heteroatoms. The van der Waals surface area contributed by atoms with Crippen LogP contribution < -0.4 is 10.6 Å². The van der Waals surface area contributed by atoms with Crippen molar-refractivity contribution >= 4 is 17.5 Å². The van der Waals surface area contributed by atoms with E-state index in [1.165, 1.54) is 18.3 Å². The summed E-state index contributed by atoms with van der Waals surface area (Å²) in [5, 5.41) is 5.33. The number of nitrogens with zero attached hydrogens (tertiary/aromatic N) is 2. The molecule has 0 aliphatic carbocycles. The Balaban J connectivity index is 2.16. The Labute approximate surface area is 115 Å². The number of carbonyl (C=O) groups excluding carboxylic acids is 1. The zero-order chi connectivity index (χ0) is 14.4. The van der Waals surface area contributed by atoms with Crippen molar-refractivity contribution in [1.82, 2.24) is 15.3 Å². The van der Waals surface area contributed by atoms with Crippen molar-refractivity contribution in [1.29, 1.82) is 0 Å². The lowest BCUT2D eigenvalue weighted by atomic mass is 10.3. The average molecular weight is 272 g/mol. The monoisotopic (exact) mass is 272 g/mol. The maximum atomic E-state index is 13.5. The molecule has 0 saturated carbocycles. The highest BCUT2D eigenvalue weighted by Crippen LogP contribution is 2.16. The van der Waals surface area contributed by atoms with E-state index in [1.54, 1.807) is 24.3 Å². The second kappa shape index (κ2) is 6.42.